The van der Waals surface area contributed by atoms with Gasteiger partial charge in [-0.05, 0) is 36.1 Å². The second-order valence-electron chi connectivity index (χ2n) is 4.30. The van der Waals surface area contributed by atoms with Gasteiger partial charge in [0.25, 0.3) is 0 Å². The number of hydrogen-bond donors (Lipinski definition) is 1. The van der Waals surface area contributed by atoms with Gasteiger partial charge in [0.1, 0.15) is 0 Å². The third-order valence-electron chi connectivity index (χ3n) is 3.49. The Bertz CT molecular complexity index is 410. The molecule has 0 radical (unpaired) electrons. The Labute approximate surface area is 89.4 Å². The lowest BCUT2D eigenvalue weighted by molar-refractivity contribution is 0.354. The van der Waals surface area contributed by atoms with Gasteiger partial charge in [0, 0.05) is 12.1 Å². The van der Waals surface area contributed by atoms with Gasteiger partial charge in [-0.2, -0.15) is 0 Å². The van der Waals surface area contributed by atoms with Crippen molar-refractivity contribution >= 4 is 0 Å². The Morgan fingerprint density at radius 3 is 2.40 bits per heavy atom. The van der Waals surface area contributed by atoms with Gasteiger partial charge in [-0.1, -0.05) is 0 Å². The van der Waals surface area contributed by atoms with E-state index in [1.54, 1.807) is 14.2 Å². The van der Waals surface area contributed by atoms with Crippen molar-refractivity contribution < 1.29 is 9.47 Å². The highest BCUT2D eigenvalue weighted by atomic mass is 16.5. The first-order chi connectivity index (χ1) is 7.29. The quantitative estimate of drug-likeness (QED) is 0.798. The van der Waals surface area contributed by atoms with Gasteiger partial charge in [-0.15, -0.1) is 0 Å². The topological polar surface area (TPSA) is 30.5 Å². The van der Waals surface area contributed by atoms with E-state index in [2.05, 4.69) is 17.4 Å². The number of benzene rings is 1. The van der Waals surface area contributed by atoms with Gasteiger partial charge in [-0.25, -0.2) is 0 Å². The van der Waals surface area contributed by atoms with Gasteiger partial charge in [0.05, 0.1) is 14.2 Å². The molecule has 2 aliphatic rings. The first-order valence-corrected chi connectivity index (χ1v) is 5.29. The van der Waals surface area contributed by atoms with Gasteiger partial charge in [0.2, 0.25) is 0 Å². The van der Waals surface area contributed by atoms with E-state index >= 15 is 0 Å². The molecule has 1 N–H and O–H groups in total. The lowest BCUT2D eigenvalue weighted by atomic mass is 10.0. The third-order valence-corrected chi connectivity index (χ3v) is 3.49. The molecule has 0 unspecified atom stereocenters. The summed E-state index contributed by atoms with van der Waals surface area (Å²) in [6.45, 7) is 0.954. The van der Waals surface area contributed by atoms with E-state index in [0.29, 0.717) is 0 Å². The Morgan fingerprint density at radius 2 is 1.80 bits per heavy atom. The summed E-state index contributed by atoms with van der Waals surface area (Å²) in [5.41, 5.74) is 3.03. The van der Waals surface area contributed by atoms with E-state index < -0.39 is 0 Å². The largest absolute Gasteiger partial charge is 0.493 e. The summed E-state index contributed by atoms with van der Waals surface area (Å²) in [5, 5.41) is 3.56. The molecule has 0 amide bonds. The van der Waals surface area contributed by atoms with Crippen molar-refractivity contribution in [1.29, 1.82) is 0 Å². The summed E-state index contributed by atoms with van der Waals surface area (Å²) in [7, 11) is 3.37. The monoisotopic (exact) mass is 205 g/mol. The molecule has 1 heterocycles. The molecule has 0 atom stereocenters. The SMILES string of the molecule is COc1cc2c(cc1OC)C1(CC1)NC2. The minimum absolute atomic E-state index is 0.273. The minimum atomic E-state index is 0.273. The molecular weight excluding hydrogens is 190 g/mol. The molecule has 3 nitrogen and oxygen atoms in total. The van der Waals surface area contributed by atoms with Crippen LogP contribution in [-0.4, -0.2) is 14.2 Å². The second kappa shape index (κ2) is 2.89. The van der Waals surface area contributed by atoms with E-state index in [-0.39, 0.29) is 5.54 Å². The minimum Gasteiger partial charge on any atom is -0.493 e. The molecule has 0 bridgehead atoms. The van der Waals surface area contributed by atoms with Crippen LogP contribution in [0, 0.1) is 0 Å². The summed E-state index contributed by atoms with van der Waals surface area (Å²) < 4.78 is 10.6. The zero-order chi connectivity index (χ0) is 10.5. The Morgan fingerprint density at radius 1 is 1.13 bits per heavy atom. The molecule has 80 valence electrons. The molecule has 1 fully saturated rings. The van der Waals surface area contributed by atoms with Crippen molar-refractivity contribution in [3.63, 3.8) is 0 Å². The number of nitrogens with one attached hydrogen (secondary N) is 1. The van der Waals surface area contributed by atoms with Crippen LogP contribution in [0.4, 0.5) is 0 Å². The summed E-state index contributed by atoms with van der Waals surface area (Å²) in [6.07, 6.45) is 2.49. The summed E-state index contributed by atoms with van der Waals surface area (Å²) in [5.74, 6) is 1.67. The molecule has 1 spiro atoms. The zero-order valence-electron chi connectivity index (χ0n) is 9.09. The lowest BCUT2D eigenvalue weighted by Crippen LogP contribution is -2.19. The molecule has 0 saturated heterocycles. The Balaban J connectivity index is 2.12. The highest BCUT2D eigenvalue weighted by molar-refractivity contribution is 5.53. The summed E-state index contributed by atoms with van der Waals surface area (Å²) in [6, 6.07) is 4.22. The summed E-state index contributed by atoms with van der Waals surface area (Å²) in [4.78, 5) is 0. The van der Waals surface area contributed by atoms with Crippen molar-refractivity contribution in [2.24, 2.45) is 0 Å². The molecular formula is C12H15NO2. The molecule has 3 heteroatoms. The van der Waals surface area contributed by atoms with Crippen LogP contribution in [0.2, 0.25) is 0 Å². The smallest absolute Gasteiger partial charge is 0.161 e. The van der Waals surface area contributed by atoms with E-state index in [9.17, 15) is 0 Å². The zero-order valence-corrected chi connectivity index (χ0v) is 9.09. The number of fused-ring (bicyclic) bond motifs is 2. The second-order valence-corrected chi connectivity index (χ2v) is 4.30. The van der Waals surface area contributed by atoms with Crippen molar-refractivity contribution in [3.05, 3.63) is 23.3 Å². The van der Waals surface area contributed by atoms with Crippen LogP contribution >= 0.6 is 0 Å². The highest BCUT2D eigenvalue weighted by Crippen LogP contribution is 2.52. The predicted octanol–water partition coefficient (Wildman–Crippen LogP) is 1.80. The number of hydrogen-bond acceptors (Lipinski definition) is 3. The predicted molar refractivity (Wildman–Crippen MR) is 57.3 cm³/mol. The normalized spacial score (nSPS) is 20.1. The molecule has 1 saturated carbocycles. The molecule has 1 aliphatic heterocycles. The lowest BCUT2D eigenvalue weighted by Gasteiger charge is -2.12. The van der Waals surface area contributed by atoms with Crippen molar-refractivity contribution in [3.8, 4) is 11.5 Å². The van der Waals surface area contributed by atoms with E-state index in [1.807, 2.05) is 0 Å². The van der Waals surface area contributed by atoms with Crippen molar-refractivity contribution in [2.45, 2.75) is 24.9 Å². The van der Waals surface area contributed by atoms with Gasteiger partial charge < -0.3 is 14.8 Å². The fourth-order valence-corrected chi connectivity index (χ4v) is 2.44. The average Bonchev–Trinajstić information content (AvgIpc) is 2.97. The third kappa shape index (κ3) is 1.16. The maximum absolute atomic E-state index is 5.33. The number of rotatable bonds is 2. The fraction of sp³-hybridized carbons (Fsp3) is 0.500. The van der Waals surface area contributed by atoms with Crippen LogP contribution in [0.3, 0.4) is 0 Å². The Kier molecular flexibility index (Phi) is 1.74. The van der Waals surface area contributed by atoms with Crippen LogP contribution in [0.25, 0.3) is 0 Å². The van der Waals surface area contributed by atoms with E-state index in [4.69, 9.17) is 9.47 Å². The Hall–Kier alpha value is -1.22. The maximum atomic E-state index is 5.33. The fourth-order valence-electron chi connectivity index (χ4n) is 2.44. The molecule has 1 aliphatic carbocycles. The molecule has 15 heavy (non-hydrogen) atoms. The number of ether oxygens (including phenoxy) is 2. The van der Waals surface area contributed by atoms with Crippen molar-refractivity contribution in [1.82, 2.24) is 5.32 Å². The van der Waals surface area contributed by atoms with Gasteiger partial charge >= 0.3 is 0 Å². The molecule has 0 aromatic heterocycles. The highest BCUT2D eigenvalue weighted by Gasteiger charge is 2.48. The first-order valence-electron chi connectivity index (χ1n) is 5.29. The first kappa shape index (κ1) is 9.04. The molecule has 1 aromatic rings. The molecule has 1 aromatic carbocycles. The van der Waals surface area contributed by atoms with E-state index in [0.717, 1.165) is 18.0 Å². The summed E-state index contributed by atoms with van der Waals surface area (Å²) >= 11 is 0. The van der Waals surface area contributed by atoms with Crippen LogP contribution < -0.4 is 14.8 Å². The maximum Gasteiger partial charge on any atom is 0.161 e. The van der Waals surface area contributed by atoms with Gasteiger partial charge in [-0.3, -0.25) is 0 Å². The molecule has 3 rings (SSSR count). The number of methoxy groups -OCH3 is 2. The van der Waals surface area contributed by atoms with Crippen LogP contribution in [0.5, 0.6) is 11.5 Å². The van der Waals surface area contributed by atoms with Crippen LogP contribution in [-0.2, 0) is 12.1 Å². The van der Waals surface area contributed by atoms with Crippen molar-refractivity contribution in [2.75, 3.05) is 14.2 Å². The standard InChI is InChI=1S/C12H15NO2/c1-14-10-5-8-7-13-12(3-4-12)9(8)6-11(10)15-2/h5-6,13H,3-4,7H2,1-2H3. The van der Waals surface area contributed by atoms with E-state index in [1.165, 1.54) is 24.0 Å². The van der Waals surface area contributed by atoms with Gasteiger partial charge in [0.15, 0.2) is 11.5 Å². The average molecular weight is 205 g/mol. The van der Waals surface area contributed by atoms with Crippen LogP contribution in [0.15, 0.2) is 12.1 Å². The van der Waals surface area contributed by atoms with Crippen LogP contribution in [0.1, 0.15) is 24.0 Å².